The first-order valence-electron chi connectivity index (χ1n) is 7.63. The highest BCUT2D eigenvalue weighted by Crippen LogP contribution is 2.38. The van der Waals surface area contributed by atoms with E-state index in [0.29, 0.717) is 5.92 Å². The molecule has 0 fully saturated rings. The summed E-state index contributed by atoms with van der Waals surface area (Å²) in [5.74, 6) is 0.651. The number of likely N-dealkylation sites (N-methyl/N-ethyl adjacent to an activating group) is 1. The Bertz CT molecular complexity index is 498. The molecular formula is C16H25ClN2OS. The molecule has 1 amide bonds. The van der Waals surface area contributed by atoms with Crippen LogP contribution in [0.1, 0.15) is 49.6 Å². The van der Waals surface area contributed by atoms with Gasteiger partial charge in [-0.3, -0.25) is 10.1 Å². The summed E-state index contributed by atoms with van der Waals surface area (Å²) in [6.45, 7) is 4.32. The minimum atomic E-state index is -0.116. The summed E-state index contributed by atoms with van der Waals surface area (Å²) in [5.41, 5.74) is 1.30. The van der Waals surface area contributed by atoms with Gasteiger partial charge in [0.15, 0.2) is 0 Å². The van der Waals surface area contributed by atoms with E-state index in [-0.39, 0.29) is 18.0 Å². The first-order valence-corrected chi connectivity index (χ1v) is 8.83. The molecule has 21 heavy (non-hydrogen) atoms. The van der Waals surface area contributed by atoms with Crippen LogP contribution < -0.4 is 5.32 Å². The molecule has 5 heteroatoms. The van der Waals surface area contributed by atoms with Gasteiger partial charge in [0.1, 0.15) is 0 Å². The lowest BCUT2D eigenvalue weighted by Crippen LogP contribution is -2.46. The van der Waals surface area contributed by atoms with Crippen molar-refractivity contribution in [2.75, 3.05) is 14.1 Å². The number of halogens is 1. The molecule has 3 nitrogen and oxygen atoms in total. The van der Waals surface area contributed by atoms with Crippen LogP contribution in [0.5, 0.6) is 0 Å². The number of carbonyl (C=O) groups excluding carboxylic acids is 1. The molecule has 0 saturated heterocycles. The van der Waals surface area contributed by atoms with Crippen molar-refractivity contribution < 1.29 is 4.79 Å². The summed E-state index contributed by atoms with van der Waals surface area (Å²) in [6.07, 6.45) is 4.21. The molecule has 0 bridgehead atoms. The second-order valence-corrected chi connectivity index (χ2v) is 8.22. The molecular weight excluding hydrogens is 304 g/mol. The Labute approximate surface area is 136 Å². The van der Waals surface area contributed by atoms with Crippen LogP contribution in [0.4, 0.5) is 0 Å². The van der Waals surface area contributed by atoms with Crippen LogP contribution in [-0.2, 0) is 11.2 Å². The summed E-state index contributed by atoms with van der Waals surface area (Å²) >= 11 is 7.85. The number of aryl methyl sites for hydroxylation is 1. The van der Waals surface area contributed by atoms with Gasteiger partial charge in [-0.2, -0.15) is 0 Å². The molecule has 1 aliphatic rings. The molecule has 2 atom stereocenters. The van der Waals surface area contributed by atoms with Crippen molar-refractivity contribution in [2.45, 2.75) is 51.6 Å². The third-order valence-corrected chi connectivity index (χ3v) is 5.27. The van der Waals surface area contributed by atoms with Gasteiger partial charge < -0.3 is 4.90 Å². The summed E-state index contributed by atoms with van der Waals surface area (Å²) in [4.78, 5) is 15.5. The van der Waals surface area contributed by atoms with Crippen molar-refractivity contribution in [3.63, 3.8) is 0 Å². The van der Waals surface area contributed by atoms with Crippen molar-refractivity contribution in [2.24, 2.45) is 5.92 Å². The third-order valence-electron chi connectivity index (χ3n) is 3.93. The van der Waals surface area contributed by atoms with Crippen LogP contribution in [0.3, 0.4) is 0 Å². The van der Waals surface area contributed by atoms with E-state index < -0.39 is 0 Å². The van der Waals surface area contributed by atoms with E-state index in [2.05, 4.69) is 25.2 Å². The zero-order chi connectivity index (χ0) is 15.6. The van der Waals surface area contributed by atoms with Crippen molar-refractivity contribution in [1.82, 2.24) is 10.2 Å². The molecule has 1 N–H and O–H groups in total. The number of rotatable bonds is 5. The van der Waals surface area contributed by atoms with E-state index in [4.69, 9.17) is 11.6 Å². The molecule has 0 aromatic carbocycles. The van der Waals surface area contributed by atoms with E-state index in [9.17, 15) is 4.79 Å². The molecule has 1 heterocycles. The van der Waals surface area contributed by atoms with Crippen LogP contribution in [0, 0.1) is 5.92 Å². The number of nitrogens with zero attached hydrogens (tertiary/aromatic N) is 1. The fourth-order valence-corrected chi connectivity index (χ4v) is 4.34. The molecule has 2 rings (SSSR count). The van der Waals surface area contributed by atoms with Crippen molar-refractivity contribution in [1.29, 1.82) is 0 Å². The monoisotopic (exact) mass is 328 g/mol. The molecule has 1 aliphatic carbocycles. The molecule has 0 radical (unpaired) electrons. The maximum atomic E-state index is 12.4. The molecule has 1 aromatic heterocycles. The number of nitrogens with one attached hydrogen (secondary N) is 1. The highest BCUT2D eigenvalue weighted by molar-refractivity contribution is 7.16. The smallest absolute Gasteiger partial charge is 0.239 e. The van der Waals surface area contributed by atoms with Gasteiger partial charge >= 0.3 is 0 Å². The van der Waals surface area contributed by atoms with Crippen LogP contribution >= 0.6 is 22.9 Å². The Morgan fingerprint density at radius 3 is 2.86 bits per heavy atom. The Kier molecular flexibility index (Phi) is 5.69. The van der Waals surface area contributed by atoms with Gasteiger partial charge in [-0.05, 0) is 43.2 Å². The number of hydrogen-bond donors (Lipinski definition) is 1. The predicted octanol–water partition coefficient (Wildman–Crippen LogP) is 3.87. The summed E-state index contributed by atoms with van der Waals surface area (Å²) in [7, 11) is 3.65. The van der Waals surface area contributed by atoms with Gasteiger partial charge in [-0.25, -0.2) is 0 Å². The van der Waals surface area contributed by atoms with Gasteiger partial charge in [0, 0.05) is 25.0 Å². The van der Waals surface area contributed by atoms with Gasteiger partial charge in [0.25, 0.3) is 0 Å². The maximum Gasteiger partial charge on any atom is 0.239 e. The van der Waals surface area contributed by atoms with Gasteiger partial charge in [-0.1, -0.05) is 25.4 Å². The van der Waals surface area contributed by atoms with E-state index in [1.807, 2.05) is 14.1 Å². The predicted molar refractivity (Wildman–Crippen MR) is 90.1 cm³/mol. The molecule has 118 valence electrons. The van der Waals surface area contributed by atoms with Gasteiger partial charge in [0.05, 0.1) is 10.4 Å². The average molecular weight is 329 g/mol. The molecule has 0 spiro atoms. The van der Waals surface area contributed by atoms with Crippen molar-refractivity contribution in [3.05, 3.63) is 20.8 Å². The second-order valence-electron chi connectivity index (χ2n) is 6.46. The summed E-state index contributed by atoms with van der Waals surface area (Å²) < 4.78 is 0.855. The van der Waals surface area contributed by atoms with E-state index in [1.54, 1.807) is 16.2 Å². The highest BCUT2D eigenvalue weighted by atomic mass is 35.5. The Hall–Kier alpha value is -0.580. The van der Waals surface area contributed by atoms with E-state index in [1.165, 1.54) is 10.4 Å². The van der Waals surface area contributed by atoms with Gasteiger partial charge in [0.2, 0.25) is 5.91 Å². The lowest BCUT2D eigenvalue weighted by atomic mass is 9.92. The number of hydrogen-bond acceptors (Lipinski definition) is 3. The standard InChI is InChI=1S/C16H25ClN2OS/c1-10(2)8-13(16(20)19(3)4)18-12-6-5-7-14-11(12)9-15(17)21-14/h9-10,12-13,18H,5-8H2,1-4H3. The molecule has 0 saturated carbocycles. The van der Waals surface area contributed by atoms with E-state index in [0.717, 1.165) is 30.0 Å². The Balaban J connectivity index is 2.15. The Morgan fingerprint density at radius 2 is 2.24 bits per heavy atom. The fourth-order valence-electron chi connectivity index (χ4n) is 2.96. The number of thiophene rings is 1. The third kappa shape index (κ3) is 4.21. The quantitative estimate of drug-likeness (QED) is 0.889. The van der Waals surface area contributed by atoms with Crippen LogP contribution in [0.2, 0.25) is 4.34 Å². The maximum absolute atomic E-state index is 12.4. The summed E-state index contributed by atoms with van der Waals surface area (Å²) in [5, 5.41) is 3.59. The lowest BCUT2D eigenvalue weighted by molar-refractivity contribution is -0.131. The van der Waals surface area contributed by atoms with Crippen LogP contribution in [0.15, 0.2) is 6.07 Å². The van der Waals surface area contributed by atoms with Crippen molar-refractivity contribution in [3.8, 4) is 0 Å². The molecule has 1 aromatic rings. The normalized spacial score (nSPS) is 19.4. The van der Waals surface area contributed by atoms with Crippen LogP contribution in [0.25, 0.3) is 0 Å². The number of carbonyl (C=O) groups is 1. The number of fused-ring (bicyclic) bond motifs is 1. The fraction of sp³-hybridized carbons (Fsp3) is 0.688. The minimum absolute atomic E-state index is 0.116. The van der Waals surface area contributed by atoms with E-state index >= 15 is 0 Å². The largest absolute Gasteiger partial charge is 0.347 e. The number of amides is 1. The molecule has 0 aliphatic heterocycles. The summed E-state index contributed by atoms with van der Waals surface area (Å²) in [6, 6.07) is 2.21. The SMILES string of the molecule is CC(C)CC(NC1CCCc2sc(Cl)cc21)C(=O)N(C)C. The first-order chi connectivity index (χ1) is 9.88. The van der Waals surface area contributed by atoms with Gasteiger partial charge in [-0.15, -0.1) is 11.3 Å². The van der Waals surface area contributed by atoms with Crippen LogP contribution in [-0.4, -0.2) is 30.9 Å². The highest BCUT2D eigenvalue weighted by Gasteiger charge is 2.28. The topological polar surface area (TPSA) is 32.3 Å². The zero-order valence-corrected chi connectivity index (χ0v) is 14.9. The molecule has 2 unspecified atom stereocenters. The lowest BCUT2D eigenvalue weighted by Gasteiger charge is -2.30. The zero-order valence-electron chi connectivity index (χ0n) is 13.3. The minimum Gasteiger partial charge on any atom is -0.347 e. The Morgan fingerprint density at radius 1 is 1.52 bits per heavy atom. The average Bonchev–Trinajstić information content (AvgIpc) is 2.77. The van der Waals surface area contributed by atoms with Crippen molar-refractivity contribution >= 4 is 28.8 Å². The second kappa shape index (κ2) is 7.12. The first kappa shape index (κ1) is 16.8.